The molecule has 1 aromatic rings. The fourth-order valence-electron chi connectivity index (χ4n) is 4.38. The van der Waals surface area contributed by atoms with E-state index in [-0.39, 0.29) is 18.4 Å². The lowest BCUT2D eigenvalue weighted by Crippen LogP contribution is -2.47. The lowest BCUT2D eigenvalue weighted by atomic mass is 9.84. The van der Waals surface area contributed by atoms with Crippen molar-refractivity contribution in [3.05, 3.63) is 29.8 Å². The minimum absolute atomic E-state index is 0.00883. The summed E-state index contributed by atoms with van der Waals surface area (Å²) >= 11 is 0. The van der Waals surface area contributed by atoms with E-state index in [0.717, 1.165) is 70.9 Å². The second kappa shape index (κ2) is 10.5. The Hall–Kier alpha value is -2.20. The lowest BCUT2D eigenvalue weighted by molar-refractivity contribution is -0.122. The molecule has 1 aliphatic heterocycles. The third-order valence-corrected chi connectivity index (χ3v) is 6.15. The van der Waals surface area contributed by atoms with E-state index in [2.05, 4.69) is 10.2 Å². The van der Waals surface area contributed by atoms with Crippen LogP contribution in [0.5, 0.6) is 0 Å². The summed E-state index contributed by atoms with van der Waals surface area (Å²) in [6.07, 6.45) is 6.02. The summed E-state index contributed by atoms with van der Waals surface area (Å²) in [6.45, 7) is 4.33. The van der Waals surface area contributed by atoms with Crippen LogP contribution in [0.4, 0.5) is 14.5 Å². The van der Waals surface area contributed by atoms with Gasteiger partial charge in [-0.15, -0.1) is 0 Å². The molecular formula is C22H30F2N4O. The number of rotatable bonds is 7. The molecule has 1 aliphatic carbocycles. The van der Waals surface area contributed by atoms with Crippen LogP contribution in [-0.2, 0) is 4.79 Å². The number of nitrogens with zero attached hydrogens (tertiary/aromatic N) is 3. The molecule has 1 amide bonds. The van der Waals surface area contributed by atoms with Crippen LogP contribution in [0.2, 0.25) is 0 Å². The molecule has 29 heavy (non-hydrogen) atoms. The number of halogens is 2. The highest BCUT2D eigenvalue weighted by Gasteiger charge is 2.24. The van der Waals surface area contributed by atoms with Crippen molar-refractivity contribution in [3.8, 4) is 6.07 Å². The zero-order valence-corrected chi connectivity index (χ0v) is 16.9. The van der Waals surface area contributed by atoms with Crippen LogP contribution >= 0.6 is 0 Å². The molecule has 0 spiro atoms. The first-order valence-electron chi connectivity index (χ1n) is 10.6. The average Bonchev–Trinajstić information content (AvgIpc) is 2.72. The predicted molar refractivity (Wildman–Crippen MR) is 108 cm³/mol. The van der Waals surface area contributed by atoms with Crippen molar-refractivity contribution in [2.45, 2.75) is 51.0 Å². The molecule has 0 atom stereocenters. The first kappa shape index (κ1) is 21.5. The second-order valence-corrected chi connectivity index (χ2v) is 8.16. The van der Waals surface area contributed by atoms with Gasteiger partial charge in [-0.1, -0.05) is 0 Å². The number of benzene rings is 1. The van der Waals surface area contributed by atoms with Crippen LogP contribution in [0.25, 0.3) is 0 Å². The molecule has 0 radical (unpaired) electrons. The summed E-state index contributed by atoms with van der Waals surface area (Å²) in [5, 5.41) is 11.6. The molecule has 2 fully saturated rings. The van der Waals surface area contributed by atoms with Crippen LogP contribution in [0.3, 0.4) is 0 Å². The van der Waals surface area contributed by atoms with E-state index in [9.17, 15) is 13.6 Å². The minimum atomic E-state index is -0.540. The molecule has 158 valence electrons. The maximum atomic E-state index is 14.0. The van der Waals surface area contributed by atoms with Crippen molar-refractivity contribution < 1.29 is 13.6 Å². The molecule has 1 aromatic carbocycles. The van der Waals surface area contributed by atoms with Crippen LogP contribution in [0.1, 0.15) is 44.9 Å². The Kier molecular flexibility index (Phi) is 7.82. The monoisotopic (exact) mass is 404 g/mol. The van der Waals surface area contributed by atoms with Crippen molar-refractivity contribution in [2.24, 2.45) is 5.92 Å². The van der Waals surface area contributed by atoms with Gasteiger partial charge < -0.3 is 10.2 Å². The number of amides is 1. The molecule has 7 heteroatoms. The number of hydrogen-bond acceptors (Lipinski definition) is 4. The molecule has 0 aromatic heterocycles. The van der Waals surface area contributed by atoms with Crippen molar-refractivity contribution in [1.29, 1.82) is 5.26 Å². The molecule has 5 nitrogen and oxygen atoms in total. The third-order valence-electron chi connectivity index (χ3n) is 6.15. The number of hydrogen-bond donors (Lipinski definition) is 1. The van der Waals surface area contributed by atoms with E-state index in [1.807, 2.05) is 11.0 Å². The van der Waals surface area contributed by atoms with Crippen molar-refractivity contribution in [2.75, 3.05) is 37.6 Å². The lowest BCUT2D eigenvalue weighted by Gasteiger charge is -2.37. The zero-order chi connectivity index (χ0) is 20.6. The normalized spacial score (nSPS) is 22.9. The molecule has 0 bridgehead atoms. The van der Waals surface area contributed by atoms with Gasteiger partial charge in [0.05, 0.1) is 11.8 Å². The van der Waals surface area contributed by atoms with E-state index in [4.69, 9.17) is 5.26 Å². The number of carbonyl (C=O) groups is 1. The third kappa shape index (κ3) is 6.40. The summed E-state index contributed by atoms with van der Waals surface area (Å²) in [5.74, 6) is -0.350. The molecule has 1 N–H and O–H groups in total. The van der Waals surface area contributed by atoms with E-state index < -0.39 is 11.6 Å². The van der Waals surface area contributed by atoms with Crippen molar-refractivity contribution in [1.82, 2.24) is 10.2 Å². The van der Waals surface area contributed by atoms with E-state index in [1.165, 1.54) is 12.1 Å². The van der Waals surface area contributed by atoms with Crippen molar-refractivity contribution in [3.63, 3.8) is 0 Å². The summed E-state index contributed by atoms with van der Waals surface area (Å²) < 4.78 is 27.0. The summed E-state index contributed by atoms with van der Waals surface area (Å²) in [7, 11) is 0. The quantitative estimate of drug-likeness (QED) is 0.756. The van der Waals surface area contributed by atoms with Gasteiger partial charge in [0.15, 0.2) is 0 Å². The first-order valence-corrected chi connectivity index (χ1v) is 10.6. The van der Waals surface area contributed by atoms with Gasteiger partial charge in [0.25, 0.3) is 0 Å². The van der Waals surface area contributed by atoms with Gasteiger partial charge in [0.1, 0.15) is 11.6 Å². The Labute approximate surface area is 171 Å². The Morgan fingerprint density at radius 2 is 1.86 bits per heavy atom. The van der Waals surface area contributed by atoms with Gasteiger partial charge in [-0.05, 0) is 56.7 Å². The summed E-state index contributed by atoms with van der Waals surface area (Å²) in [6, 6.07) is 6.05. The molecule has 0 unspecified atom stereocenters. The summed E-state index contributed by atoms with van der Waals surface area (Å²) in [5.41, 5.74) is 0.487. The Bertz CT molecular complexity index is 720. The van der Waals surface area contributed by atoms with Gasteiger partial charge in [0.2, 0.25) is 5.91 Å². The predicted octanol–water partition coefficient (Wildman–Crippen LogP) is 3.46. The molecular weight excluding hydrogens is 374 g/mol. The van der Waals surface area contributed by atoms with Gasteiger partial charge >= 0.3 is 0 Å². The zero-order valence-electron chi connectivity index (χ0n) is 16.9. The van der Waals surface area contributed by atoms with Crippen LogP contribution in [-0.4, -0.2) is 49.6 Å². The van der Waals surface area contributed by atoms with Gasteiger partial charge in [-0.25, -0.2) is 8.78 Å². The number of carbonyl (C=O) groups excluding carboxylic acids is 1. The number of nitrogens with one attached hydrogen (secondary N) is 1. The van der Waals surface area contributed by atoms with Gasteiger partial charge in [-0.2, -0.15) is 5.26 Å². The topological polar surface area (TPSA) is 59.4 Å². The van der Waals surface area contributed by atoms with Crippen molar-refractivity contribution >= 4 is 11.6 Å². The average molecular weight is 405 g/mol. The smallest absolute Gasteiger partial charge is 0.221 e. The Balaban J connectivity index is 1.33. The fraction of sp³-hybridized carbons (Fsp3) is 0.636. The van der Waals surface area contributed by atoms with E-state index in [1.54, 1.807) is 0 Å². The van der Waals surface area contributed by atoms with Gasteiger partial charge in [0, 0.05) is 51.1 Å². The van der Waals surface area contributed by atoms with Crippen LogP contribution in [0, 0.1) is 28.9 Å². The van der Waals surface area contributed by atoms with Gasteiger partial charge in [-0.3, -0.25) is 9.69 Å². The standard InChI is InChI=1S/C22H30F2N4O/c23-18-5-8-21(20(24)16-18)28-14-12-27(13-15-28)11-9-17-3-6-19(7-4-17)26-22(29)2-1-10-25/h5,8,16-17,19H,1-4,6-7,9,11-15H2,(H,26,29). The highest BCUT2D eigenvalue weighted by Crippen LogP contribution is 2.28. The summed E-state index contributed by atoms with van der Waals surface area (Å²) in [4.78, 5) is 16.2. The number of anilines is 1. The maximum absolute atomic E-state index is 14.0. The SMILES string of the molecule is N#CCCC(=O)NC1CCC(CCN2CCN(c3ccc(F)cc3F)CC2)CC1. The number of piperazine rings is 1. The fourth-order valence-corrected chi connectivity index (χ4v) is 4.38. The Morgan fingerprint density at radius 3 is 2.52 bits per heavy atom. The van der Waals surface area contributed by atoms with E-state index >= 15 is 0 Å². The molecule has 1 heterocycles. The minimum Gasteiger partial charge on any atom is -0.367 e. The number of nitriles is 1. The second-order valence-electron chi connectivity index (χ2n) is 8.16. The highest BCUT2D eigenvalue weighted by atomic mass is 19.1. The van der Waals surface area contributed by atoms with Crippen LogP contribution < -0.4 is 10.2 Å². The molecule has 1 saturated carbocycles. The van der Waals surface area contributed by atoms with E-state index in [0.29, 0.717) is 18.0 Å². The van der Waals surface area contributed by atoms with Crippen LogP contribution in [0.15, 0.2) is 18.2 Å². The maximum Gasteiger partial charge on any atom is 0.221 e. The highest BCUT2D eigenvalue weighted by molar-refractivity contribution is 5.76. The molecule has 2 aliphatic rings. The molecule has 3 rings (SSSR count). The Morgan fingerprint density at radius 1 is 1.14 bits per heavy atom. The molecule has 1 saturated heterocycles. The largest absolute Gasteiger partial charge is 0.367 e. The first-order chi connectivity index (χ1) is 14.0.